The van der Waals surface area contributed by atoms with Crippen LogP contribution < -0.4 is 21.3 Å². The summed E-state index contributed by atoms with van der Waals surface area (Å²) < 4.78 is 20.1. The summed E-state index contributed by atoms with van der Waals surface area (Å²) in [4.78, 5) is 22.9. The van der Waals surface area contributed by atoms with Crippen LogP contribution in [0.1, 0.15) is 5.56 Å². The Hall–Kier alpha value is -3.78. The molecule has 7 nitrogen and oxygen atoms in total. The minimum Gasteiger partial charge on any atom is -0.493 e. The number of benzene rings is 2. The molecule has 0 amide bonds. The van der Waals surface area contributed by atoms with Crippen LogP contribution in [0.4, 0.5) is 10.2 Å². The number of hydrogen-bond donors (Lipinski definition) is 3. The van der Waals surface area contributed by atoms with Crippen molar-refractivity contribution in [2.45, 2.75) is 6.42 Å². The van der Waals surface area contributed by atoms with Crippen LogP contribution in [-0.2, 0) is 6.42 Å². The van der Waals surface area contributed by atoms with Crippen LogP contribution in [0, 0.1) is 5.95 Å². The van der Waals surface area contributed by atoms with Crippen LogP contribution in [0.25, 0.3) is 33.3 Å². The molecule has 0 saturated heterocycles. The summed E-state index contributed by atoms with van der Waals surface area (Å²) in [5.41, 5.74) is 8.58. The number of nitrogens with one attached hydrogen (secondary N) is 2. The molecule has 0 radical (unpaired) electrons. The molecule has 0 saturated carbocycles. The van der Waals surface area contributed by atoms with E-state index in [0.717, 1.165) is 23.1 Å². The molecule has 5 rings (SSSR count). The smallest absolute Gasteiger partial charge is 0.255 e. The van der Waals surface area contributed by atoms with E-state index in [0.29, 0.717) is 28.8 Å². The summed E-state index contributed by atoms with van der Waals surface area (Å²) in [5, 5.41) is 4.04. The maximum absolute atomic E-state index is 14.6. The Morgan fingerprint density at radius 1 is 1.06 bits per heavy atom. The number of H-pyrrole nitrogens is 1. The highest BCUT2D eigenvalue weighted by molar-refractivity contribution is 5.87. The largest absolute Gasteiger partial charge is 0.493 e. The molecule has 31 heavy (non-hydrogen) atoms. The Bertz CT molecular complexity index is 1320. The van der Waals surface area contributed by atoms with Gasteiger partial charge in [0.2, 0.25) is 5.95 Å². The SMILES string of the molecule is CNC.Nc1nc(F)c(-c2ccc3c(c2)CCO3)nc1-c1ccc2c(=O)[nH]ccc2c1. The first-order valence-corrected chi connectivity index (χ1v) is 9.81. The van der Waals surface area contributed by atoms with Gasteiger partial charge in [0.1, 0.15) is 17.1 Å². The molecule has 3 heterocycles. The molecule has 1 aliphatic rings. The van der Waals surface area contributed by atoms with Gasteiger partial charge in [0.25, 0.3) is 5.56 Å². The Labute approximate surface area is 178 Å². The van der Waals surface area contributed by atoms with Crippen molar-refractivity contribution in [3.05, 3.63) is 70.5 Å². The standard InChI is InChI=1S/C21H15FN4O2.C2H7N/c22-19-17(13-2-4-16-12(10-13)6-8-28-16)25-18(20(23)26-19)14-1-3-15-11(9-14)5-7-24-21(15)27;1-3-2/h1-5,7,9-10H,6,8H2,(H2,23,26)(H,24,27);3H,1-2H3. The highest BCUT2D eigenvalue weighted by Crippen LogP contribution is 2.33. The van der Waals surface area contributed by atoms with Gasteiger partial charge in [-0.1, -0.05) is 6.07 Å². The highest BCUT2D eigenvalue weighted by atomic mass is 19.1. The number of rotatable bonds is 2. The van der Waals surface area contributed by atoms with Crippen molar-refractivity contribution in [1.82, 2.24) is 20.3 Å². The third kappa shape index (κ3) is 3.97. The van der Waals surface area contributed by atoms with Gasteiger partial charge in [0.05, 0.1) is 6.61 Å². The van der Waals surface area contributed by atoms with Crippen LogP contribution >= 0.6 is 0 Å². The second-order valence-electron chi connectivity index (χ2n) is 7.13. The van der Waals surface area contributed by atoms with Crippen LogP contribution in [0.2, 0.25) is 0 Å². The van der Waals surface area contributed by atoms with E-state index in [1.165, 1.54) is 0 Å². The van der Waals surface area contributed by atoms with Crippen LogP contribution in [0.15, 0.2) is 53.5 Å². The number of anilines is 1. The number of halogens is 1. The lowest BCUT2D eigenvalue weighted by atomic mass is 10.0. The van der Waals surface area contributed by atoms with Gasteiger partial charge in [-0.15, -0.1) is 0 Å². The van der Waals surface area contributed by atoms with Crippen molar-refractivity contribution in [1.29, 1.82) is 0 Å². The third-order valence-electron chi connectivity index (χ3n) is 4.89. The van der Waals surface area contributed by atoms with Gasteiger partial charge in [-0.25, -0.2) is 4.98 Å². The zero-order valence-corrected chi connectivity index (χ0v) is 17.2. The average molecular weight is 419 g/mol. The van der Waals surface area contributed by atoms with Gasteiger partial charge in [-0.3, -0.25) is 4.79 Å². The number of fused-ring (bicyclic) bond motifs is 2. The Morgan fingerprint density at radius 2 is 1.81 bits per heavy atom. The average Bonchev–Trinajstić information content (AvgIpc) is 3.22. The number of ether oxygens (including phenoxy) is 1. The quantitative estimate of drug-likeness (QED) is 0.461. The molecule has 2 aromatic carbocycles. The predicted octanol–water partition coefficient (Wildman–Crippen LogP) is 3.14. The molecule has 2 aromatic heterocycles. The lowest BCUT2D eigenvalue weighted by Gasteiger charge is -2.10. The molecule has 4 aromatic rings. The van der Waals surface area contributed by atoms with E-state index in [4.69, 9.17) is 10.5 Å². The second-order valence-corrected chi connectivity index (χ2v) is 7.13. The van der Waals surface area contributed by atoms with Crippen LogP contribution in [0.5, 0.6) is 5.75 Å². The zero-order chi connectivity index (χ0) is 22.0. The summed E-state index contributed by atoms with van der Waals surface area (Å²) in [5.74, 6) is 0.0832. The monoisotopic (exact) mass is 419 g/mol. The fourth-order valence-electron chi connectivity index (χ4n) is 3.50. The van der Waals surface area contributed by atoms with Crippen molar-refractivity contribution >= 4 is 16.6 Å². The van der Waals surface area contributed by atoms with Crippen LogP contribution in [-0.4, -0.2) is 35.7 Å². The lowest BCUT2D eigenvalue weighted by molar-refractivity contribution is 0.357. The number of nitrogens with zero attached hydrogens (tertiary/aromatic N) is 2. The molecule has 158 valence electrons. The van der Waals surface area contributed by atoms with Gasteiger partial charge in [-0.2, -0.15) is 9.37 Å². The summed E-state index contributed by atoms with van der Waals surface area (Å²) in [6.07, 6.45) is 2.35. The van der Waals surface area contributed by atoms with E-state index < -0.39 is 5.95 Å². The first-order chi connectivity index (χ1) is 15.0. The first-order valence-electron chi connectivity index (χ1n) is 9.81. The Balaban J connectivity index is 0.000000730. The minimum atomic E-state index is -0.725. The predicted molar refractivity (Wildman–Crippen MR) is 120 cm³/mol. The van der Waals surface area contributed by atoms with Gasteiger partial charge >= 0.3 is 0 Å². The molecule has 0 aliphatic carbocycles. The fraction of sp³-hybridized carbons (Fsp3) is 0.174. The molecular formula is C23H22FN5O2. The number of nitrogen functional groups attached to an aromatic ring is 1. The van der Waals surface area contributed by atoms with Crippen molar-refractivity contribution in [3.63, 3.8) is 0 Å². The van der Waals surface area contributed by atoms with Crippen molar-refractivity contribution in [2.24, 2.45) is 0 Å². The van der Waals surface area contributed by atoms with E-state index >= 15 is 0 Å². The summed E-state index contributed by atoms with van der Waals surface area (Å²) >= 11 is 0. The minimum absolute atomic E-state index is 0.00469. The number of aromatic amines is 1. The lowest BCUT2D eigenvalue weighted by Crippen LogP contribution is -2.05. The molecular weight excluding hydrogens is 397 g/mol. The Morgan fingerprint density at radius 3 is 2.61 bits per heavy atom. The second kappa shape index (κ2) is 8.53. The van der Waals surface area contributed by atoms with Crippen molar-refractivity contribution in [3.8, 4) is 28.3 Å². The first kappa shape index (κ1) is 20.5. The summed E-state index contributed by atoms with van der Waals surface area (Å²) in [6, 6.07) is 12.5. The molecule has 4 N–H and O–H groups in total. The molecule has 0 bridgehead atoms. The number of hydrogen-bond acceptors (Lipinski definition) is 6. The molecule has 0 unspecified atom stereocenters. The van der Waals surface area contributed by atoms with E-state index in [-0.39, 0.29) is 17.1 Å². The molecule has 0 spiro atoms. The fourth-order valence-corrected chi connectivity index (χ4v) is 3.50. The maximum atomic E-state index is 14.6. The zero-order valence-electron chi connectivity index (χ0n) is 17.2. The maximum Gasteiger partial charge on any atom is 0.255 e. The van der Waals surface area contributed by atoms with Gasteiger partial charge in [0, 0.05) is 29.1 Å². The van der Waals surface area contributed by atoms with Gasteiger partial charge in [-0.05, 0) is 61.4 Å². The van der Waals surface area contributed by atoms with E-state index in [9.17, 15) is 9.18 Å². The van der Waals surface area contributed by atoms with E-state index in [1.807, 2.05) is 26.2 Å². The Kier molecular flexibility index (Phi) is 5.64. The highest BCUT2D eigenvalue weighted by Gasteiger charge is 2.18. The summed E-state index contributed by atoms with van der Waals surface area (Å²) in [6.45, 7) is 0.621. The molecule has 0 fully saturated rings. The molecule has 1 aliphatic heterocycles. The molecule has 0 atom stereocenters. The molecule has 8 heteroatoms. The van der Waals surface area contributed by atoms with E-state index in [1.54, 1.807) is 36.5 Å². The van der Waals surface area contributed by atoms with Crippen molar-refractivity contribution < 1.29 is 9.13 Å². The number of nitrogens with two attached hydrogens (primary N) is 1. The van der Waals surface area contributed by atoms with Gasteiger partial charge in [0.15, 0.2) is 5.82 Å². The number of aromatic nitrogens is 3. The van der Waals surface area contributed by atoms with Crippen molar-refractivity contribution in [2.75, 3.05) is 26.4 Å². The van der Waals surface area contributed by atoms with E-state index in [2.05, 4.69) is 20.3 Å². The van der Waals surface area contributed by atoms with Gasteiger partial charge < -0.3 is 20.8 Å². The normalized spacial score (nSPS) is 12.1. The third-order valence-corrected chi connectivity index (χ3v) is 4.89. The topological polar surface area (TPSA) is 106 Å². The summed E-state index contributed by atoms with van der Waals surface area (Å²) in [7, 11) is 3.75. The number of pyridine rings is 1. The van der Waals surface area contributed by atoms with Crippen LogP contribution in [0.3, 0.4) is 0 Å².